The van der Waals surface area contributed by atoms with Crippen molar-refractivity contribution in [3.8, 4) is 0 Å². The summed E-state index contributed by atoms with van der Waals surface area (Å²) in [5, 5.41) is 5.47. The fourth-order valence-electron chi connectivity index (χ4n) is 2.37. The van der Waals surface area contributed by atoms with Crippen LogP contribution in [0.5, 0.6) is 0 Å². The molecule has 0 fully saturated rings. The van der Waals surface area contributed by atoms with Crippen molar-refractivity contribution < 1.29 is 9.59 Å². The quantitative estimate of drug-likeness (QED) is 0.647. The molecule has 126 valence electrons. The Balaban J connectivity index is 1.97. The van der Waals surface area contributed by atoms with E-state index in [1.807, 2.05) is 12.1 Å². The van der Waals surface area contributed by atoms with Crippen LogP contribution in [0.2, 0.25) is 0 Å². The summed E-state index contributed by atoms with van der Waals surface area (Å²) in [5.74, 6) is -0.607. The summed E-state index contributed by atoms with van der Waals surface area (Å²) in [7, 11) is 0. The third kappa shape index (κ3) is 3.61. The molecule has 0 saturated carbocycles. The Morgan fingerprint density at radius 1 is 1.20 bits per heavy atom. The van der Waals surface area contributed by atoms with Crippen LogP contribution in [0.4, 0.5) is 5.69 Å². The minimum absolute atomic E-state index is 0.150. The van der Waals surface area contributed by atoms with Gasteiger partial charge >= 0.3 is 0 Å². The first-order valence-corrected chi connectivity index (χ1v) is 8.32. The SMILES string of the molecule is C=CCNC(=O)c1nc(C(=O)Nc2cccc(Br)c2)c2ccccn12. The molecule has 0 unspecified atom stereocenters. The van der Waals surface area contributed by atoms with Gasteiger partial charge in [-0.15, -0.1) is 6.58 Å². The summed E-state index contributed by atoms with van der Waals surface area (Å²) < 4.78 is 2.44. The van der Waals surface area contributed by atoms with E-state index in [4.69, 9.17) is 0 Å². The van der Waals surface area contributed by atoms with E-state index in [-0.39, 0.29) is 23.3 Å². The van der Waals surface area contributed by atoms with Crippen LogP contribution in [-0.4, -0.2) is 27.7 Å². The van der Waals surface area contributed by atoms with Crippen LogP contribution in [0.1, 0.15) is 21.1 Å². The highest BCUT2D eigenvalue weighted by Crippen LogP contribution is 2.18. The lowest BCUT2D eigenvalue weighted by Crippen LogP contribution is -2.25. The number of hydrogen-bond acceptors (Lipinski definition) is 3. The van der Waals surface area contributed by atoms with Crippen LogP contribution in [0.15, 0.2) is 65.8 Å². The smallest absolute Gasteiger partial charge is 0.287 e. The molecular formula is C18H15BrN4O2. The molecule has 0 aliphatic heterocycles. The van der Waals surface area contributed by atoms with Crippen LogP contribution < -0.4 is 10.6 Å². The summed E-state index contributed by atoms with van der Waals surface area (Å²) in [6, 6.07) is 12.6. The Morgan fingerprint density at radius 3 is 2.80 bits per heavy atom. The number of carbonyl (C=O) groups is 2. The van der Waals surface area contributed by atoms with Crippen LogP contribution >= 0.6 is 15.9 Å². The fourth-order valence-corrected chi connectivity index (χ4v) is 2.76. The van der Waals surface area contributed by atoms with Crippen molar-refractivity contribution in [1.29, 1.82) is 0 Å². The molecule has 6 nitrogen and oxygen atoms in total. The van der Waals surface area contributed by atoms with Gasteiger partial charge in [0.05, 0.1) is 5.52 Å². The van der Waals surface area contributed by atoms with Crippen LogP contribution in [0.25, 0.3) is 5.52 Å². The number of amides is 2. The highest BCUT2D eigenvalue weighted by atomic mass is 79.9. The second kappa shape index (κ2) is 7.31. The number of anilines is 1. The second-order valence-electron chi connectivity index (χ2n) is 5.20. The van der Waals surface area contributed by atoms with E-state index >= 15 is 0 Å². The molecule has 0 aliphatic carbocycles. The van der Waals surface area contributed by atoms with Crippen molar-refractivity contribution in [3.63, 3.8) is 0 Å². The first kappa shape index (κ1) is 16.9. The van der Waals surface area contributed by atoms with Gasteiger partial charge in [-0.05, 0) is 30.3 Å². The number of imidazole rings is 1. The average molecular weight is 399 g/mol. The second-order valence-corrected chi connectivity index (χ2v) is 6.12. The van der Waals surface area contributed by atoms with Crippen LogP contribution in [0, 0.1) is 0 Å². The number of benzene rings is 1. The lowest BCUT2D eigenvalue weighted by molar-refractivity contribution is 0.0947. The number of halogens is 1. The van der Waals surface area contributed by atoms with Crippen molar-refractivity contribution in [2.24, 2.45) is 0 Å². The Labute approximate surface area is 152 Å². The molecule has 0 bridgehead atoms. The first-order valence-electron chi connectivity index (χ1n) is 7.53. The molecule has 0 atom stereocenters. The number of hydrogen-bond donors (Lipinski definition) is 2. The van der Waals surface area contributed by atoms with E-state index in [0.29, 0.717) is 17.7 Å². The standard InChI is InChI=1S/C18H15BrN4O2/c1-2-9-20-18(25)16-22-15(14-8-3-4-10-23(14)16)17(24)21-13-7-5-6-12(19)11-13/h2-8,10-11H,1,9H2,(H,20,25)(H,21,24). The number of pyridine rings is 1. The normalized spacial score (nSPS) is 10.4. The highest BCUT2D eigenvalue weighted by Gasteiger charge is 2.21. The van der Waals surface area contributed by atoms with E-state index < -0.39 is 0 Å². The molecule has 0 radical (unpaired) electrons. The summed E-state index contributed by atoms with van der Waals surface area (Å²) in [5.41, 5.74) is 1.37. The van der Waals surface area contributed by atoms with Gasteiger partial charge in [0.25, 0.3) is 11.8 Å². The first-order chi connectivity index (χ1) is 12.1. The molecule has 2 aromatic heterocycles. The highest BCUT2D eigenvalue weighted by molar-refractivity contribution is 9.10. The number of fused-ring (bicyclic) bond motifs is 1. The average Bonchev–Trinajstić information content (AvgIpc) is 2.99. The molecule has 1 aromatic carbocycles. The number of nitrogens with one attached hydrogen (secondary N) is 2. The van der Waals surface area contributed by atoms with E-state index in [9.17, 15) is 9.59 Å². The zero-order chi connectivity index (χ0) is 17.8. The molecule has 0 spiro atoms. The predicted molar refractivity (Wildman–Crippen MR) is 99.8 cm³/mol. The Bertz CT molecular complexity index is 965. The summed E-state index contributed by atoms with van der Waals surface area (Å²) in [6.07, 6.45) is 3.27. The third-order valence-corrected chi connectivity index (χ3v) is 3.95. The van der Waals surface area contributed by atoms with Crippen LogP contribution in [0.3, 0.4) is 0 Å². The van der Waals surface area contributed by atoms with Gasteiger partial charge < -0.3 is 10.6 Å². The molecule has 3 rings (SSSR count). The summed E-state index contributed by atoms with van der Waals surface area (Å²) in [4.78, 5) is 29.2. The lowest BCUT2D eigenvalue weighted by Gasteiger charge is -2.04. The van der Waals surface area contributed by atoms with Crippen LogP contribution in [-0.2, 0) is 0 Å². The summed E-state index contributed by atoms with van der Waals surface area (Å²) >= 11 is 3.36. The van der Waals surface area contributed by atoms with Crippen molar-refractivity contribution in [3.05, 3.63) is 77.3 Å². The van der Waals surface area contributed by atoms with Crippen molar-refractivity contribution in [1.82, 2.24) is 14.7 Å². The zero-order valence-electron chi connectivity index (χ0n) is 13.2. The lowest BCUT2D eigenvalue weighted by atomic mass is 10.3. The van der Waals surface area contributed by atoms with Crippen molar-refractivity contribution >= 4 is 38.9 Å². The third-order valence-electron chi connectivity index (χ3n) is 3.46. The topological polar surface area (TPSA) is 75.5 Å². The van der Waals surface area contributed by atoms with Gasteiger partial charge in [-0.1, -0.05) is 34.1 Å². The molecular weight excluding hydrogens is 384 g/mol. The minimum Gasteiger partial charge on any atom is -0.346 e. The number of nitrogens with zero attached hydrogens (tertiary/aromatic N) is 2. The Hall–Kier alpha value is -2.93. The van der Waals surface area contributed by atoms with Gasteiger partial charge in [-0.3, -0.25) is 14.0 Å². The predicted octanol–water partition coefficient (Wildman–Crippen LogP) is 3.26. The zero-order valence-corrected chi connectivity index (χ0v) is 14.8. The van der Waals surface area contributed by atoms with Gasteiger partial charge in [-0.25, -0.2) is 4.98 Å². The van der Waals surface area contributed by atoms with Crippen molar-refractivity contribution in [2.45, 2.75) is 0 Å². The maximum atomic E-state index is 12.6. The molecule has 2 amide bonds. The summed E-state index contributed by atoms with van der Waals surface area (Å²) in [6.45, 7) is 3.89. The van der Waals surface area contributed by atoms with Gasteiger partial charge in [0.15, 0.2) is 5.69 Å². The maximum absolute atomic E-state index is 12.6. The van der Waals surface area contributed by atoms with Crippen molar-refractivity contribution in [2.75, 3.05) is 11.9 Å². The largest absolute Gasteiger partial charge is 0.346 e. The fraction of sp³-hybridized carbons (Fsp3) is 0.0556. The number of rotatable bonds is 5. The molecule has 7 heteroatoms. The van der Waals surface area contributed by atoms with E-state index in [1.165, 1.54) is 0 Å². The molecule has 0 saturated heterocycles. The van der Waals surface area contributed by atoms with E-state index in [2.05, 4.69) is 38.1 Å². The molecule has 25 heavy (non-hydrogen) atoms. The molecule has 2 N–H and O–H groups in total. The molecule has 2 heterocycles. The minimum atomic E-state index is -0.385. The molecule has 0 aliphatic rings. The maximum Gasteiger partial charge on any atom is 0.287 e. The van der Waals surface area contributed by atoms with Gasteiger partial charge in [0.2, 0.25) is 5.82 Å². The van der Waals surface area contributed by atoms with Gasteiger partial charge in [0, 0.05) is 22.9 Å². The van der Waals surface area contributed by atoms with Gasteiger partial charge in [0.1, 0.15) is 0 Å². The van der Waals surface area contributed by atoms with Gasteiger partial charge in [-0.2, -0.15) is 0 Å². The Kier molecular flexibility index (Phi) is 4.95. The van der Waals surface area contributed by atoms with E-state index in [0.717, 1.165) is 4.47 Å². The number of aromatic nitrogens is 2. The molecule has 3 aromatic rings. The Morgan fingerprint density at radius 2 is 2.04 bits per heavy atom. The monoisotopic (exact) mass is 398 g/mol. The van der Waals surface area contributed by atoms with E-state index in [1.54, 1.807) is 47.0 Å². The number of carbonyl (C=O) groups excluding carboxylic acids is 2.